The van der Waals surface area contributed by atoms with Gasteiger partial charge in [-0.15, -0.1) is 0 Å². The van der Waals surface area contributed by atoms with Gasteiger partial charge >= 0.3 is 0 Å². The highest BCUT2D eigenvalue weighted by Crippen LogP contribution is 2.40. The molecule has 0 aliphatic heterocycles. The van der Waals surface area contributed by atoms with Crippen molar-refractivity contribution in [1.82, 2.24) is 5.32 Å². The van der Waals surface area contributed by atoms with E-state index in [-0.39, 0.29) is 0 Å². The minimum Gasteiger partial charge on any atom is -0.309 e. The lowest BCUT2D eigenvalue weighted by molar-refractivity contribution is 0.149. The molecule has 1 atom stereocenters. The lowest BCUT2D eigenvalue weighted by Gasteiger charge is -2.40. The van der Waals surface area contributed by atoms with E-state index in [0.29, 0.717) is 11.5 Å². The summed E-state index contributed by atoms with van der Waals surface area (Å²) in [6.07, 6.45) is 9.48. The highest BCUT2D eigenvalue weighted by atomic mass is 14.9. The number of benzene rings is 1. The largest absolute Gasteiger partial charge is 0.309 e. The van der Waals surface area contributed by atoms with Gasteiger partial charge in [0.05, 0.1) is 0 Å². The van der Waals surface area contributed by atoms with Crippen LogP contribution in [0.3, 0.4) is 0 Å². The van der Waals surface area contributed by atoms with Crippen LogP contribution in [0.25, 0.3) is 0 Å². The first kappa shape index (κ1) is 14.6. The molecular formula is C18H29N. The molecule has 0 saturated heterocycles. The number of rotatable bonds is 8. The summed E-state index contributed by atoms with van der Waals surface area (Å²) in [7, 11) is 0. The molecule has 0 heterocycles. The summed E-state index contributed by atoms with van der Waals surface area (Å²) in [6, 6.07) is 11.5. The Bertz CT molecular complexity index is 353. The molecule has 0 spiro atoms. The van der Waals surface area contributed by atoms with Crippen LogP contribution in [-0.2, 0) is 0 Å². The molecular weight excluding hydrogens is 230 g/mol. The monoisotopic (exact) mass is 259 g/mol. The fourth-order valence-electron chi connectivity index (χ4n) is 3.00. The summed E-state index contributed by atoms with van der Waals surface area (Å²) in [6.45, 7) is 5.89. The third-order valence-corrected chi connectivity index (χ3v) is 4.63. The molecule has 1 aliphatic carbocycles. The molecule has 1 aromatic carbocycles. The zero-order valence-electron chi connectivity index (χ0n) is 12.6. The van der Waals surface area contributed by atoms with Gasteiger partial charge < -0.3 is 5.32 Å². The van der Waals surface area contributed by atoms with Gasteiger partial charge in [-0.1, -0.05) is 69.9 Å². The summed E-state index contributed by atoms with van der Waals surface area (Å²) in [5, 5.41) is 3.84. The summed E-state index contributed by atoms with van der Waals surface area (Å²) >= 11 is 0. The maximum absolute atomic E-state index is 3.84. The molecule has 1 saturated carbocycles. The number of nitrogens with one attached hydrogen (secondary N) is 1. The van der Waals surface area contributed by atoms with Crippen molar-refractivity contribution in [1.29, 1.82) is 0 Å². The third kappa shape index (κ3) is 4.35. The SMILES string of the molecule is CCCCCC(NCC1(C)CCC1)c1ccccc1. The van der Waals surface area contributed by atoms with Gasteiger partial charge in [-0.05, 0) is 30.2 Å². The van der Waals surface area contributed by atoms with E-state index in [4.69, 9.17) is 0 Å². The van der Waals surface area contributed by atoms with Gasteiger partial charge in [-0.25, -0.2) is 0 Å². The summed E-state index contributed by atoms with van der Waals surface area (Å²) < 4.78 is 0. The van der Waals surface area contributed by atoms with Crippen LogP contribution in [-0.4, -0.2) is 6.54 Å². The minimum atomic E-state index is 0.546. The molecule has 1 aromatic rings. The summed E-state index contributed by atoms with van der Waals surface area (Å²) in [5.41, 5.74) is 2.03. The van der Waals surface area contributed by atoms with E-state index in [1.165, 1.54) is 57.1 Å². The predicted octanol–water partition coefficient (Wildman–Crippen LogP) is 5.09. The Hall–Kier alpha value is -0.820. The molecule has 1 aliphatic rings. The molecule has 0 amide bonds. The first-order chi connectivity index (χ1) is 9.23. The normalized spacial score (nSPS) is 18.8. The van der Waals surface area contributed by atoms with Gasteiger partial charge in [0, 0.05) is 12.6 Å². The molecule has 106 valence electrons. The topological polar surface area (TPSA) is 12.0 Å². The van der Waals surface area contributed by atoms with Crippen LogP contribution in [0.5, 0.6) is 0 Å². The summed E-state index contributed by atoms with van der Waals surface area (Å²) in [4.78, 5) is 0. The lowest BCUT2D eigenvalue weighted by Crippen LogP contribution is -2.38. The highest BCUT2D eigenvalue weighted by molar-refractivity contribution is 5.18. The highest BCUT2D eigenvalue weighted by Gasteiger charge is 2.31. The Morgan fingerprint density at radius 3 is 2.47 bits per heavy atom. The van der Waals surface area contributed by atoms with Crippen molar-refractivity contribution < 1.29 is 0 Å². The van der Waals surface area contributed by atoms with Gasteiger partial charge in [0.25, 0.3) is 0 Å². The molecule has 1 heteroatoms. The van der Waals surface area contributed by atoms with E-state index in [0.717, 1.165) is 0 Å². The van der Waals surface area contributed by atoms with E-state index in [2.05, 4.69) is 49.5 Å². The molecule has 19 heavy (non-hydrogen) atoms. The zero-order chi connectivity index (χ0) is 13.6. The average Bonchev–Trinajstić information content (AvgIpc) is 2.41. The molecule has 0 bridgehead atoms. The van der Waals surface area contributed by atoms with Crippen molar-refractivity contribution in [3.8, 4) is 0 Å². The molecule has 1 unspecified atom stereocenters. The van der Waals surface area contributed by atoms with Crippen molar-refractivity contribution in [2.45, 2.75) is 64.8 Å². The smallest absolute Gasteiger partial charge is 0.0320 e. The first-order valence-corrected chi connectivity index (χ1v) is 8.02. The van der Waals surface area contributed by atoms with E-state index in [9.17, 15) is 0 Å². The van der Waals surface area contributed by atoms with Crippen LogP contribution in [0.4, 0.5) is 0 Å². The Morgan fingerprint density at radius 1 is 1.16 bits per heavy atom. The summed E-state index contributed by atoms with van der Waals surface area (Å²) in [5.74, 6) is 0. The van der Waals surface area contributed by atoms with Crippen molar-refractivity contribution >= 4 is 0 Å². The van der Waals surface area contributed by atoms with Crippen molar-refractivity contribution in [3.05, 3.63) is 35.9 Å². The third-order valence-electron chi connectivity index (χ3n) is 4.63. The number of hydrogen-bond acceptors (Lipinski definition) is 1. The molecule has 1 nitrogen and oxygen atoms in total. The lowest BCUT2D eigenvalue weighted by atomic mass is 9.70. The predicted molar refractivity (Wildman–Crippen MR) is 83.3 cm³/mol. The quantitative estimate of drug-likeness (QED) is 0.641. The van der Waals surface area contributed by atoms with Gasteiger partial charge in [-0.3, -0.25) is 0 Å². The van der Waals surface area contributed by atoms with Crippen LogP contribution in [0.15, 0.2) is 30.3 Å². The first-order valence-electron chi connectivity index (χ1n) is 8.02. The Balaban J connectivity index is 1.89. The van der Waals surface area contributed by atoms with E-state index in [1.807, 2.05) is 0 Å². The van der Waals surface area contributed by atoms with E-state index < -0.39 is 0 Å². The Kier molecular flexibility index (Phi) is 5.45. The van der Waals surface area contributed by atoms with Crippen LogP contribution >= 0.6 is 0 Å². The van der Waals surface area contributed by atoms with Crippen LogP contribution < -0.4 is 5.32 Å². The number of hydrogen-bond donors (Lipinski definition) is 1. The van der Waals surface area contributed by atoms with Crippen molar-refractivity contribution in [3.63, 3.8) is 0 Å². The molecule has 2 rings (SSSR count). The van der Waals surface area contributed by atoms with E-state index in [1.54, 1.807) is 0 Å². The average molecular weight is 259 g/mol. The Morgan fingerprint density at radius 2 is 1.89 bits per heavy atom. The molecule has 0 aromatic heterocycles. The van der Waals surface area contributed by atoms with Crippen molar-refractivity contribution in [2.75, 3.05) is 6.54 Å². The maximum Gasteiger partial charge on any atom is 0.0320 e. The van der Waals surface area contributed by atoms with Crippen LogP contribution in [0.2, 0.25) is 0 Å². The molecule has 1 N–H and O–H groups in total. The van der Waals surface area contributed by atoms with Gasteiger partial charge in [0.2, 0.25) is 0 Å². The zero-order valence-corrected chi connectivity index (χ0v) is 12.6. The van der Waals surface area contributed by atoms with Crippen LogP contribution in [0, 0.1) is 5.41 Å². The van der Waals surface area contributed by atoms with Crippen molar-refractivity contribution in [2.24, 2.45) is 5.41 Å². The number of unbranched alkanes of at least 4 members (excludes halogenated alkanes) is 2. The molecule has 0 radical (unpaired) electrons. The second-order valence-corrected chi connectivity index (χ2v) is 6.50. The van der Waals surface area contributed by atoms with Gasteiger partial charge in [-0.2, -0.15) is 0 Å². The Labute approximate surface area is 118 Å². The molecule has 1 fully saturated rings. The fourth-order valence-corrected chi connectivity index (χ4v) is 3.00. The maximum atomic E-state index is 3.84. The second kappa shape index (κ2) is 7.09. The van der Waals surface area contributed by atoms with E-state index >= 15 is 0 Å². The second-order valence-electron chi connectivity index (χ2n) is 6.50. The van der Waals surface area contributed by atoms with Crippen LogP contribution in [0.1, 0.15) is 70.4 Å². The van der Waals surface area contributed by atoms with Gasteiger partial charge in [0.1, 0.15) is 0 Å². The minimum absolute atomic E-state index is 0.546. The standard InChI is InChI=1S/C18H29N/c1-3-4-6-12-17(16-10-7-5-8-11-16)19-15-18(2)13-9-14-18/h5,7-8,10-11,17,19H,3-4,6,9,12-15H2,1-2H3. The van der Waals surface area contributed by atoms with Gasteiger partial charge in [0.15, 0.2) is 0 Å². The fraction of sp³-hybridized carbons (Fsp3) is 0.667.